The van der Waals surface area contributed by atoms with E-state index in [9.17, 15) is 4.79 Å². The molecule has 98 valence electrons. The second-order valence-corrected chi connectivity index (χ2v) is 4.16. The normalized spacial score (nSPS) is 11.0. The van der Waals surface area contributed by atoms with E-state index in [2.05, 4.69) is 23.2 Å². The Kier molecular flexibility index (Phi) is 4.67. The molecule has 0 saturated heterocycles. The van der Waals surface area contributed by atoms with Crippen LogP contribution in [0.5, 0.6) is 0 Å². The van der Waals surface area contributed by atoms with Gasteiger partial charge in [-0.3, -0.25) is 9.79 Å². The van der Waals surface area contributed by atoms with Crippen LogP contribution in [0.3, 0.4) is 0 Å². The van der Waals surface area contributed by atoms with Crippen molar-refractivity contribution in [2.45, 2.75) is 13.3 Å². The van der Waals surface area contributed by atoms with Gasteiger partial charge in [0.05, 0.1) is 13.0 Å². The summed E-state index contributed by atoms with van der Waals surface area (Å²) in [5.74, 6) is -0.197. The van der Waals surface area contributed by atoms with E-state index in [4.69, 9.17) is 4.74 Å². The number of esters is 1. The van der Waals surface area contributed by atoms with E-state index < -0.39 is 0 Å². The first-order valence-electron chi connectivity index (χ1n) is 6.44. The van der Waals surface area contributed by atoms with Crippen LogP contribution in [-0.4, -0.2) is 25.3 Å². The summed E-state index contributed by atoms with van der Waals surface area (Å²) in [6.07, 6.45) is 2.15. The molecule has 3 nitrogen and oxygen atoms in total. The number of nitrogens with zero attached hydrogens (tertiary/aromatic N) is 1. The van der Waals surface area contributed by atoms with Gasteiger partial charge < -0.3 is 4.74 Å². The molecule has 0 saturated carbocycles. The molecule has 0 aliphatic carbocycles. The Labute approximate surface area is 112 Å². The number of rotatable bonds is 5. The van der Waals surface area contributed by atoms with Gasteiger partial charge in [0, 0.05) is 18.3 Å². The summed E-state index contributed by atoms with van der Waals surface area (Å²) >= 11 is 0. The molecule has 0 radical (unpaired) electrons. The van der Waals surface area contributed by atoms with Gasteiger partial charge >= 0.3 is 5.97 Å². The fraction of sp³-hybridized carbons (Fsp3) is 0.250. The monoisotopic (exact) mass is 255 g/mol. The summed E-state index contributed by atoms with van der Waals surface area (Å²) in [6.45, 7) is 2.69. The van der Waals surface area contributed by atoms with E-state index >= 15 is 0 Å². The Morgan fingerprint density at radius 2 is 2.00 bits per heavy atom. The van der Waals surface area contributed by atoms with Crippen LogP contribution in [0.4, 0.5) is 0 Å². The van der Waals surface area contributed by atoms with E-state index in [-0.39, 0.29) is 5.97 Å². The number of hydrogen-bond acceptors (Lipinski definition) is 3. The number of carbonyl (C=O) groups excluding carboxylic acids is 1. The summed E-state index contributed by atoms with van der Waals surface area (Å²) in [5, 5.41) is 2.36. The minimum absolute atomic E-state index is 0.197. The molecular formula is C16H17NO2. The highest BCUT2D eigenvalue weighted by Gasteiger charge is 2.00. The number of benzene rings is 2. The molecule has 0 N–H and O–H groups in total. The lowest BCUT2D eigenvalue weighted by Gasteiger charge is -2.01. The SMILES string of the molecule is CCOC(=O)CCN=Cc1cccc2ccccc12. The number of fused-ring (bicyclic) bond motifs is 1. The highest BCUT2D eigenvalue weighted by Crippen LogP contribution is 2.16. The van der Waals surface area contributed by atoms with Crippen molar-refractivity contribution in [3.05, 3.63) is 48.0 Å². The molecule has 19 heavy (non-hydrogen) atoms. The van der Waals surface area contributed by atoms with Crippen LogP contribution in [0, 0.1) is 0 Å². The lowest BCUT2D eigenvalue weighted by Crippen LogP contribution is -2.05. The zero-order chi connectivity index (χ0) is 13.5. The van der Waals surface area contributed by atoms with Gasteiger partial charge in [-0.15, -0.1) is 0 Å². The maximum absolute atomic E-state index is 11.2. The third-order valence-electron chi connectivity index (χ3n) is 2.80. The average molecular weight is 255 g/mol. The van der Waals surface area contributed by atoms with E-state index in [1.807, 2.05) is 30.5 Å². The van der Waals surface area contributed by atoms with E-state index in [0.29, 0.717) is 19.6 Å². The molecule has 0 aliphatic heterocycles. The predicted molar refractivity (Wildman–Crippen MR) is 77.7 cm³/mol. The zero-order valence-corrected chi connectivity index (χ0v) is 11.0. The van der Waals surface area contributed by atoms with Crippen LogP contribution in [0.1, 0.15) is 18.9 Å². The Morgan fingerprint density at radius 1 is 1.21 bits per heavy atom. The number of hydrogen-bond donors (Lipinski definition) is 0. The van der Waals surface area contributed by atoms with Crippen LogP contribution < -0.4 is 0 Å². The van der Waals surface area contributed by atoms with Crippen LogP contribution in [0.25, 0.3) is 10.8 Å². The van der Waals surface area contributed by atoms with Gasteiger partial charge in [-0.1, -0.05) is 42.5 Å². The first-order chi connectivity index (χ1) is 9.31. The molecule has 0 aliphatic rings. The van der Waals surface area contributed by atoms with Crippen LogP contribution in [0.15, 0.2) is 47.5 Å². The highest BCUT2D eigenvalue weighted by molar-refractivity contribution is 5.99. The van der Waals surface area contributed by atoms with Gasteiger partial charge in [-0.05, 0) is 17.7 Å². The molecule has 3 heteroatoms. The summed E-state index contributed by atoms with van der Waals surface area (Å²) in [6, 6.07) is 14.3. The van der Waals surface area contributed by atoms with Crippen molar-refractivity contribution in [1.82, 2.24) is 0 Å². The summed E-state index contributed by atoms with van der Waals surface area (Å²) in [7, 11) is 0. The highest BCUT2D eigenvalue weighted by atomic mass is 16.5. The molecule has 0 spiro atoms. The van der Waals surface area contributed by atoms with Gasteiger partial charge in [0.2, 0.25) is 0 Å². The van der Waals surface area contributed by atoms with Crippen molar-refractivity contribution >= 4 is 23.0 Å². The fourth-order valence-corrected chi connectivity index (χ4v) is 1.91. The molecule has 0 heterocycles. The molecule has 0 unspecified atom stereocenters. The smallest absolute Gasteiger partial charge is 0.307 e. The fourth-order valence-electron chi connectivity index (χ4n) is 1.91. The topological polar surface area (TPSA) is 38.7 Å². The van der Waals surface area contributed by atoms with Gasteiger partial charge in [-0.25, -0.2) is 0 Å². The van der Waals surface area contributed by atoms with Crippen molar-refractivity contribution in [1.29, 1.82) is 0 Å². The second-order valence-electron chi connectivity index (χ2n) is 4.16. The van der Waals surface area contributed by atoms with E-state index in [1.54, 1.807) is 6.92 Å². The molecule has 0 atom stereocenters. The second kappa shape index (κ2) is 6.69. The van der Waals surface area contributed by atoms with Gasteiger partial charge in [0.1, 0.15) is 0 Å². The molecule has 0 fully saturated rings. The van der Waals surface area contributed by atoms with Crippen molar-refractivity contribution in [2.75, 3.05) is 13.2 Å². The maximum Gasteiger partial charge on any atom is 0.307 e. The molecule has 2 aromatic carbocycles. The number of ether oxygens (including phenoxy) is 1. The molecule has 0 amide bonds. The van der Waals surface area contributed by atoms with Crippen LogP contribution >= 0.6 is 0 Å². The molecule has 0 bridgehead atoms. The standard InChI is InChI=1S/C16H17NO2/c1-2-19-16(18)10-11-17-12-14-8-5-7-13-6-3-4-9-15(13)14/h3-9,12H,2,10-11H2,1H3. The third-order valence-corrected chi connectivity index (χ3v) is 2.80. The van der Waals surface area contributed by atoms with Gasteiger partial charge in [-0.2, -0.15) is 0 Å². The molecule has 2 rings (SSSR count). The third kappa shape index (κ3) is 3.65. The summed E-state index contributed by atoms with van der Waals surface area (Å²) in [5.41, 5.74) is 1.07. The Hall–Kier alpha value is -2.16. The zero-order valence-electron chi connectivity index (χ0n) is 11.0. The lowest BCUT2D eigenvalue weighted by atomic mass is 10.1. The average Bonchev–Trinajstić information content (AvgIpc) is 2.44. The van der Waals surface area contributed by atoms with Crippen LogP contribution in [-0.2, 0) is 9.53 Å². The van der Waals surface area contributed by atoms with Crippen molar-refractivity contribution in [3.8, 4) is 0 Å². The Bertz CT molecular complexity index is 585. The van der Waals surface area contributed by atoms with Crippen molar-refractivity contribution in [3.63, 3.8) is 0 Å². The van der Waals surface area contributed by atoms with Crippen molar-refractivity contribution < 1.29 is 9.53 Å². The Morgan fingerprint density at radius 3 is 2.84 bits per heavy atom. The van der Waals surface area contributed by atoms with Crippen molar-refractivity contribution in [2.24, 2.45) is 4.99 Å². The largest absolute Gasteiger partial charge is 0.466 e. The van der Waals surface area contributed by atoms with E-state index in [0.717, 1.165) is 5.56 Å². The summed E-state index contributed by atoms with van der Waals surface area (Å²) < 4.78 is 4.85. The molecular weight excluding hydrogens is 238 g/mol. The van der Waals surface area contributed by atoms with Gasteiger partial charge in [0.15, 0.2) is 0 Å². The maximum atomic E-state index is 11.2. The predicted octanol–water partition coefficient (Wildman–Crippen LogP) is 3.21. The number of carbonyl (C=O) groups is 1. The molecule has 0 aromatic heterocycles. The minimum atomic E-state index is -0.197. The van der Waals surface area contributed by atoms with E-state index in [1.165, 1.54) is 10.8 Å². The first-order valence-corrected chi connectivity index (χ1v) is 6.44. The quantitative estimate of drug-likeness (QED) is 0.608. The summed E-state index contributed by atoms with van der Waals surface area (Å²) in [4.78, 5) is 15.5. The molecule has 2 aromatic rings. The van der Waals surface area contributed by atoms with Gasteiger partial charge in [0.25, 0.3) is 0 Å². The number of aliphatic imine (C=N–C) groups is 1. The minimum Gasteiger partial charge on any atom is -0.466 e. The van der Waals surface area contributed by atoms with Crippen LogP contribution in [0.2, 0.25) is 0 Å². The first kappa shape index (κ1) is 13.3. The lowest BCUT2D eigenvalue weighted by molar-refractivity contribution is -0.142. The Balaban J connectivity index is 2.03.